The highest BCUT2D eigenvalue weighted by Crippen LogP contribution is 2.25. The van der Waals surface area contributed by atoms with Crippen LogP contribution >= 0.6 is 0 Å². The van der Waals surface area contributed by atoms with Crippen LogP contribution in [0.2, 0.25) is 0 Å². The average Bonchev–Trinajstić information content (AvgIpc) is 3.10. The third-order valence-electron chi connectivity index (χ3n) is 5.51. The summed E-state index contributed by atoms with van der Waals surface area (Å²) in [6.07, 6.45) is 0. The van der Waals surface area contributed by atoms with E-state index in [0.29, 0.717) is 36.7 Å². The molecule has 0 aliphatic heterocycles. The Balaban J connectivity index is 1.69. The molecule has 0 aliphatic rings. The molecule has 2 aromatic carbocycles. The number of aryl methyl sites for hydroxylation is 1. The zero-order valence-electron chi connectivity index (χ0n) is 19.4. The number of para-hydroxylation sites is 1. The van der Waals surface area contributed by atoms with Crippen LogP contribution in [0.3, 0.4) is 0 Å². The highest BCUT2D eigenvalue weighted by atomic mass is 32.2. The molecular weight excluding hydrogens is 440 g/mol. The topological polar surface area (TPSA) is 77.8 Å². The Bertz CT molecular complexity index is 1190. The van der Waals surface area contributed by atoms with E-state index >= 15 is 0 Å². The predicted octanol–water partition coefficient (Wildman–Crippen LogP) is 4.23. The van der Waals surface area contributed by atoms with Crippen molar-refractivity contribution in [2.45, 2.75) is 32.2 Å². The lowest BCUT2D eigenvalue weighted by Gasteiger charge is -2.23. The number of carbonyl (C=O) groups is 1. The molecule has 0 spiro atoms. The molecule has 0 fully saturated rings. The van der Waals surface area contributed by atoms with Crippen molar-refractivity contribution in [1.29, 1.82) is 0 Å². The summed E-state index contributed by atoms with van der Waals surface area (Å²) in [6, 6.07) is 17.0. The SMILES string of the molecule is CCN(c1ccccc1)S(=O)(=O)c1ccc(OCC(=O)c2cc(C)n(CCOC)c2C)cc1. The Morgan fingerprint density at radius 2 is 1.70 bits per heavy atom. The molecule has 1 aromatic heterocycles. The molecule has 0 N–H and O–H groups in total. The molecule has 1 heterocycles. The molecule has 33 heavy (non-hydrogen) atoms. The van der Waals surface area contributed by atoms with E-state index in [-0.39, 0.29) is 17.3 Å². The maximum absolute atomic E-state index is 13.1. The van der Waals surface area contributed by atoms with Crippen molar-refractivity contribution in [3.05, 3.63) is 77.6 Å². The van der Waals surface area contributed by atoms with Crippen molar-refractivity contribution in [1.82, 2.24) is 4.57 Å². The summed E-state index contributed by atoms with van der Waals surface area (Å²) in [4.78, 5) is 12.9. The Morgan fingerprint density at radius 3 is 2.30 bits per heavy atom. The minimum absolute atomic E-state index is 0.133. The second-order valence-corrected chi connectivity index (χ2v) is 9.48. The van der Waals surface area contributed by atoms with Crippen molar-refractivity contribution in [2.75, 3.05) is 31.2 Å². The molecule has 3 rings (SSSR count). The van der Waals surface area contributed by atoms with Gasteiger partial charge in [0, 0.05) is 37.2 Å². The van der Waals surface area contributed by atoms with Gasteiger partial charge in [-0.1, -0.05) is 18.2 Å². The minimum Gasteiger partial charge on any atom is -0.485 e. The fourth-order valence-corrected chi connectivity index (χ4v) is 5.23. The quantitative estimate of drug-likeness (QED) is 0.392. The maximum Gasteiger partial charge on any atom is 0.264 e. The lowest BCUT2D eigenvalue weighted by molar-refractivity contribution is 0.0920. The second-order valence-electron chi connectivity index (χ2n) is 7.62. The maximum atomic E-state index is 13.1. The van der Waals surface area contributed by atoms with Gasteiger partial charge in [-0.3, -0.25) is 9.10 Å². The standard InChI is InChI=1S/C25H30N2O5S/c1-5-27(21-9-7-6-8-10-21)33(29,30)23-13-11-22(12-14-23)32-18-25(28)24-17-19(2)26(20(24)3)15-16-31-4/h6-14,17H,5,15-16,18H2,1-4H3. The van der Waals surface area contributed by atoms with Gasteiger partial charge in [0.25, 0.3) is 10.0 Å². The number of Topliss-reactive ketones (excluding diaryl/α,β-unsaturated/α-hetero) is 1. The molecule has 0 bridgehead atoms. The third kappa shape index (κ3) is 5.46. The smallest absolute Gasteiger partial charge is 0.264 e. The van der Waals surface area contributed by atoms with Crippen molar-refractivity contribution >= 4 is 21.5 Å². The van der Waals surface area contributed by atoms with Gasteiger partial charge in [-0.15, -0.1) is 0 Å². The van der Waals surface area contributed by atoms with Crippen molar-refractivity contribution in [2.24, 2.45) is 0 Å². The molecule has 0 atom stereocenters. The predicted molar refractivity (Wildman–Crippen MR) is 129 cm³/mol. The van der Waals surface area contributed by atoms with Crippen molar-refractivity contribution in [3.63, 3.8) is 0 Å². The number of anilines is 1. The molecular formula is C25H30N2O5S. The Hall–Kier alpha value is -3.10. The van der Waals surface area contributed by atoms with Crippen LogP contribution in [0.4, 0.5) is 5.69 Å². The summed E-state index contributed by atoms with van der Waals surface area (Å²) >= 11 is 0. The van der Waals surface area contributed by atoms with Gasteiger partial charge in [-0.05, 0) is 63.2 Å². The minimum atomic E-state index is -3.71. The second kappa shape index (κ2) is 10.7. The number of benzene rings is 2. The number of sulfonamides is 1. The molecule has 0 saturated carbocycles. The largest absolute Gasteiger partial charge is 0.485 e. The molecule has 0 amide bonds. The summed E-state index contributed by atoms with van der Waals surface area (Å²) < 4.78 is 40.4. The number of carbonyl (C=O) groups excluding carboxylic acids is 1. The van der Waals surface area contributed by atoms with Gasteiger partial charge < -0.3 is 14.0 Å². The van der Waals surface area contributed by atoms with Crippen molar-refractivity contribution in [3.8, 4) is 5.75 Å². The first-order valence-electron chi connectivity index (χ1n) is 10.8. The van der Waals surface area contributed by atoms with E-state index in [4.69, 9.17) is 9.47 Å². The number of nitrogens with zero attached hydrogens (tertiary/aromatic N) is 2. The Morgan fingerprint density at radius 1 is 1.03 bits per heavy atom. The first-order chi connectivity index (χ1) is 15.8. The van der Waals surface area contributed by atoms with Gasteiger partial charge in [0.05, 0.1) is 17.2 Å². The zero-order valence-corrected chi connectivity index (χ0v) is 20.3. The van der Waals surface area contributed by atoms with Gasteiger partial charge in [0.1, 0.15) is 5.75 Å². The van der Waals surface area contributed by atoms with Crippen LogP contribution in [0.25, 0.3) is 0 Å². The van der Waals surface area contributed by atoms with E-state index in [1.807, 2.05) is 30.5 Å². The molecule has 0 unspecified atom stereocenters. The van der Waals surface area contributed by atoms with E-state index in [0.717, 1.165) is 11.4 Å². The summed E-state index contributed by atoms with van der Waals surface area (Å²) in [7, 11) is -2.07. The highest BCUT2D eigenvalue weighted by Gasteiger charge is 2.23. The van der Waals surface area contributed by atoms with Crippen LogP contribution in [0.15, 0.2) is 65.6 Å². The molecule has 0 radical (unpaired) electrons. The Kier molecular flexibility index (Phi) is 7.94. The highest BCUT2D eigenvalue weighted by molar-refractivity contribution is 7.92. The summed E-state index contributed by atoms with van der Waals surface area (Å²) in [6.45, 7) is 7.06. The van der Waals surface area contributed by atoms with E-state index in [9.17, 15) is 13.2 Å². The number of rotatable bonds is 11. The first kappa shape index (κ1) is 24.5. The number of ketones is 1. The van der Waals surface area contributed by atoms with Gasteiger partial charge in [-0.25, -0.2) is 8.42 Å². The fraction of sp³-hybridized carbons (Fsp3) is 0.320. The lowest BCUT2D eigenvalue weighted by atomic mass is 10.1. The van der Waals surface area contributed by atoms with E-state index in [1.54, 1.807) is 50.4 Å². The number of methoxy groups -OCH3 is 1. The number of hydrogen-bond donors (Lipinski definition) is 0. The van der Waals surface area contributed by atoms with Crippen LogP contribution in [-0.4, -0.2) is 45.6 Å². The molecule has 0 saturated heterocycles. The Labute approximate surface area is 195 Å². The number of ether oxygens (including phenoxy) is 2. The van der Waals surface area contributed by atoms with E-state index in [2.05, 4.69) is 0 Å². The lowest BCUT2D eigenvalue weighted by Crippen LogP contribution is -2.30. The van der Waals surface area contributed by atoms with Crippen LogP contribution in [0, 0.1) is 13.8 Å². The summed E-state index contributed by atoms with van der Waals surface area (Å²) in [5.74, 6) is 0.294. The van der Waals surface area contributed by atoms with Crippen molar-refractivity contribution < 1.29 is 22.7 Å². The average molecular weight is 471 g/mol. The monoisotopic (exact) mass is 470 g/mol. The zero-order chi connectivity index (χ0) is 24.0. The molecule has 3 aromatic rings. The fourth-order valence-electron chi connectivity index (χ4n) is 3.76. The van der Waals surface area contributed by atoms with Gasteiger partial charge in [-0.2, -0.15) is 0 Å². The molecule has 0 aliphatic carbocycles. The molecule has 176 valence electrons. The summed E-state index contributed by atoms with van der Waals surface area (Å²) in [5, 5.41) is 0. The molecule has 7 nitrogen and oxygen atoms in total. The molecule has 8 heteroatoms. The van der Waals surface area contributed by atoms with Gasteiger partial charge >= 0.3 is 0 Å². The third-order valence-corrected chi connectivity index (χ3v) is 7.42. The van der Waals surface area contributed by atoms with Crippen LogP contribution in [0.5, 0.6) is 5.75 Å². The normalized spacial score (nSPS) is 11.4. The van der Waals surface area contributed by atoms with Gasteiger partial charge in [0.2, 0.25) is 5.78 Å². The van der Waals surface area contributed by atoms with Crippen LogP contribution in [0.1, 0.15) is 28.7 Å². The van der Waals surface area contributed by atoms with Crippen LogP contribution in [-0.2, 0) is 21.3 Å². The van der Waals surface area contributed by atoms with Crippen LogP contribution < -0.4 is 9.04 Å². The first-order valence-corrected chi connectivity index (χ1v) is 12.2. The summed E-state index contributed by atoms with van der Waals surface area (Å²) in [5.41, 5.74) is 3.08. The van der Waals surface area contributed by atoms with E-state index < -0.39 is 10.0 Å². The number of aromatic nitrogens is 1. The number of hydrogen-bond acceptors (Lipinski definition) is 5. The van der Waals surface area contributed by atoms with E-state index in [1.165, 1.54) is 16.4 Å². The van der Waals surface area contributed by atoms with Gasteiger partial charge in [0.15, 0.2) is 6.61 Å².